The quantitative estimate of drug-likeness (QED) is 0.257. The first kappa shape index (κ1) is 19.1. The second kappa shape index (κ2) is 8.41. The predicted octanol–water partition coefficient (Wildman–Crippen LogP) is 4.48. The van der Waals surface area contributed by atoms with Crippen LogP contribution in [0.5, 0.6) is 0 Å². The van der Waals surface area contributed by atoms with E-state index >= 15 is 0 Å². The number of thiophene rings is 1. The van der Waals surface area contributed by atoms with E-state index in [1.807, 2.05) is 18.2 Å². The highest BCUT2D eigenvalue weighted by Crippen LogP contribution is 2.41. The third kappa shape index (κ3) is 3.82. The highest BCUT2D eigenvalue weighted by atomic mass is 32.2. The van der Waals surface area contributed by atoms with Crippen LogP contribution in [0.4, 0.5) is 0 Å². The van der Waals surface area contributed by atoms with Crippen molar-refractivity contribution >= 4 is 45.1 Å². The minimum absolute atomic E-state index is 0.00666. The Labute approximate surface area is 171 Å². The Kier molecular flexibility index (Phi) is 5.73. The molecule has 7 heteroatoms. The lowest BCUT2D eigenvalue weighted by atomic mass is 9.97. The molecule has 1 unspecified atom stereocenters. The van der Waals surface area contributed by atoms with Gasteiger partial charge in [0.1, 0.15) is 16.2 Å². The fourth-order valence-electron chi connectivity index (χ4n) is 3.50. The molecule has 1 aliphatic rings. The fraction of sp³-hybridized carbons (Fsp3) is 0.333. The first-order chi connectivity index (χ1) is 13.7. The smallest absolute Gasteiger partial charge is 0.307 e. The Morgan fingerprint density at radius 3 is 2.75 bits per heavy atom. The molecule has 28 heavy (non-hydrogen) atoms. The molecule has 1 aliphatic carbocycles. The molecule has 0 fully saturated rings. The summed E-state index contributed by atoms with van der Waals surface area (Å²) in [6, 6.07) is 9.06. The number of rotatable bonds is 6. The van der Waals surface area contributed by atoms with E-state index in [0.29, 0.717) is 5.56 Å². The molecular weight excluding hydrogens is 392 g/mol. The number of aromatic nitrogens is 2. The number of hydrogen-bond donors (Lipinski definition) is 0. The molecule has 0 saturated carbocycles. The molecule has 2 heterocycles. The summed E-state index contributed by atoms with van der Waals surface area (Å²) in [5, 5.41) is 1.25. The van der Waals surface area contributed by atoms with Crippen LogP contribution in [0, 0.1) is 0 Å². The number of benzene rings is 1. The van der Waals surface area contributed by atoms with E-state index in [2.05, 4.69) is 9.97 Å². The van der Waals surface area contributed by atoms with Crippen molar-refractivity contribution < 1.29 is 14.3 Å². The van der Waals surface area contributed by atoms with E-state index < -0.39 is 11.2 Å². The van der Waals surface area contributed by atoms with Crippen LogP contribution in [0.15, 0.2) is 41.7 Å². The van der Waals surface area contributed by atoms with Crippen molar-refractivity contribution in [2.24, 2.45) is 0 Å². The number of Topliss-reactive ketones (excluding diaryl/α,β-unsaturated/α-hetero) is 1. The van der Waals surface area contributed by atoms with Gasteiger partial charge in [0.15, 0.2) is 5.78 Å². The van der Waals surface area contributed by atoms with Gasteiger partial charge in [-0.25, -0.2) is 9.97 Å². The Bertz CT molecular complexity index is 1020. The normalized spacial score (nSPS) is 14.5. The van der Waals surface area contributed by atoms with Gasteiger partial charge in [-0.2, -0.15) is 0 Å². The third-order valence-corrected chi connectivity index (χ3v) is 7.30. The lowest BCUT2D eigenvalue weighted by molar-refractivity contribution is -0.140. The second-order valence-electron chi connectivity index (χ2n) is 6.69. The maximum atomic E-state index is 13.1. The van der Waals surface area contributed by atoms with Crippen LogP contribution in [0.25, 0.3) is 10.2 Å². The molecule has 2 aromatic heterocycles. The van der Waals surface area contributed by atoms with Crippen LogP contribution in [0.3, 0.4) is 0 Å². The number of thioether (sulfide) groups is 1. The van der Waals surface area contributed by atoms with Crippen LogP contribution in [0.1, 0.15) is 40.1 Å². The maximum absolute atomic E-state index is 13.1. The summed E-state index contributed by atoms with van der Waals surface area (Å²) in [5.41, 5.74) is 1.90. The van der Waals surface area contributed by atoms with Crippen molar-refractivity contribution in [1.29, 1.82) is 0 Å². The number of aryl methyl sites for hydroxylation is 2. The van der Waals surface area contributed by atoms with Crippen LogP contribution in [-0.2, 0) is 22.4 Å². The summed E-state index contributed by atoms with van der Waals surface area (Å²) in [6.45, 7) is 0. The zero-order chi connectivity index (χ0) is 19.5. The molecule has 0 aliphatic heterocycles. The molecule has 0 N–H and O–H groups in total. The molecule has 0 bridgehead atoms. The highest BCUT2D eigenvalue weighted by Gasteiger charge is 2.28. The molecule has 4 rings (SSSR count). The maximum Gasteiger partial charge on any atom is 0.307 e. The van der Waals surface area contributed by atoms with Crippen molar-refractivity contribution in [2.75, 3.05) is 7.11 Å². The minimum Gasteiger partial charge on any atom is -0.469 e. The van der Waals surface area contributed by atoms with Crippen molar-refractivity contribution in [3.63, 3.8) is 0 Å². The number of methoxy groups -OCH3 is 1. The number of esters is 1. The van der Waals surface area contributed by atoms with Gasteiger partial charge in [0.05, 0.1) is 18.8 Å². The van der Waals surface area contributed by atoms with Gasteiger partial charge in [-0.1, -0.05) is 42.1 Å². The summed E-state index contributed by atoms with van der Waals surface area (Å²) < 4.78 is 4.83. The molecule has 0 saturated heterocycles. The average molecular weight is 413 g/mol. The van der Waals surface area contributed by atoms with Crippen LogP contribution in [0.2, 0.25) is 0 Å². The third-order valence-electron chi connectivity index (χ3n) is 4.90. The number of carbonyl (C=O) groups excluding carboxylic acids is 2. The lowest BCUT2D eigenvalue weighted by Gasteiger charge is -2.16. The van der Waals surface area contributed by atoms with E-state index in [4.69, 9.17) is 4.74 Å². The van der Waals surface area contributed by atoms with Crippen molar-refractivity contribution in [2.45, 2.75) is 42.4 Å². The van der Waals surface area contributed by atoms with E-state index in [0.717, 1.165) is 34.5 Å². The van der Waals surface area contributed by atoms with Gasteiger partial charge in [-0.3, -0.25) is 9.59 Å². The molecule has 0 radical (unpaired) electrons. The van der Waals surface area contributed by atoms with Gasteiger partial charge < -0.3 is 4.74 Å². The van der Waals surface area contributed by atoms with Gasteiger partial charge >= 0.3 is 5.97 Å². The number of carbonyl (C=O) groups is 2. The van der Waals surface area contributed by atoms with E-state index in [1.165, 1.54) is 35.7 Å². The average Bonchev–Trinajstić information content (AvgIpc) is 3.12. The van der Waals surface area contributed by atoms with Gasteiger partial charge in [-0.05, 0) is 31.2 Å². The van der Waals surface area contributed by atoms with E-state index in [1.54, 1.807) is 29.8 Å². The van der Waals surface area contributed by atoms with Crippen molar-refractivity contribution in [1.82, 2.24) is 9.97 Å². The predicted molar refractivity (Wildman–Crippen MR) is 111 cm³/mol. The Morgan fingerprint density at radius 2 is 1.96 bits per heavy atom. The molecule has 3 aromatic rings. The zero-order valence-electron chi connectivity index (χ0n) is 15.5. The highest BCUT2D eigenvalue weighted by molar-refractivity contribution is 8.00. The van der Waals surface area contributed by atoms with E-state index in [9.17, 15) is 9.59 Å². The largest absolute Gasteiger partial charge is 0.469 e. The molecule has 5 nitrogen and oxygen atoms in total. The number of hydrogen-bond acceptors (Lipinski definition) is 7. The molecule has 144 valence electrons. The molecule has 1 aromatic carbocycles. The van der Waals surface area contributed by atoms with Gasteiger partial charge in [0.25, 0.3) is 0 Å². The van der Waals surface area contributed by atoms with Crippen LogP contribution < -0.4 is 0 Å². The summed E-state index contributed by atoms with van der Waals surface area (Å²) in [5.74, 6) is -0.494. The van der Waals surface area contributed by atoms with Crippen molar-refractivity contribution in [3.8, 4) is 0 Å². The SMILES string of the molecule is COC(=O)CC(Sc1ncnc2sc3c(c12)CCCC3)C(=O)c1ccccc1. The topological polar surface area (TPSA) is 69.2 Å². The number of ether oxygens (including phenoxy) is 1. The first-order valence-electron chi connectivity index (χ1n) is 9.25. The Morgan fingerprint density at radius 1 is 1.18 bits per heavy atom. The van der Waals surface area contributed by atoms with Gasteiger partial charge in [-0.15, -0.1) is 11.3 Å². The summed E-state index contributed by atoms with van der Waals surface area (Å²) in [4.78, 5) is 36.4. The number of nitrogens with zero attached hydrogens (tertiary/aromatic N) is 2. The number of ketones is 1. The van der Waals surface area contributed by atoms with E-state index in [-0.39, 0.29) is 12.2 Å². The molecule has 1 atom stereocenters. The number of fused-ring (bicyclic) bond motifs is 3. The molecule has 0 spiro atoms. The second-order valence-corrected chi connectivity index (χ2v) is 8.96. The molecular formula is C21H20N2O3S2. The van der Waals surface area contributed by atoms with Gasteiger partial charge in [0, 0.05) is 15.8 Å². The Balaban J connectivity index is 1.71. The fourth-order valence-corrected chi connectivity index (χ4v) is 5.97. The standard InChI is InChI=1S/C21H20N2O3S2/c1-26-17(24)11-16(19(25)13-7-3-2-4-8-13)28-21-18-14-9-5-6-10-15(14)27-20(18)22-12-23-21/h2-4,7-8,12,16H,5-6,9-11H2,1H3. The van der Waals surface area contributed by atoms with Gasteiger partial charge in [0.2, 0.25) is 0 Å². The summed E-state index contributed by atoms with van der Waals surface area (Å²) >= 11 is 3.07. The Hall–Kier alpha value is -2.25. The first-order valence-corrected chi connectivity index (χ1v) is 10.9. The van der Waals surface area contributed by atoms with Crippen LogP contribution >= 0.6 is 23.1 Å². The summed E-state index contributed by atoms with van der Waals surface area (Å²) in [6.07, 6.45) is 6.01. The lowest BCUT2D eigenvalue weighted by Crippen LogP contribution is -2.22. The monoisotopic (exact) mass is 412 g/mol. The summed E-state index contributed by atoms with van der Waals surface area (Å²) in [7, 11) is 1.34. The minimum atomic E-state index is -0.591. The molecule has 0 amide bonds. The van der Waals surface area contributed by atoms with Crippen molar-refractivity contribution in [3.05, 3.63) is 52.7 Å². The zero-order valence-corrected chi connectivity index (χ0v) is 17.1. The van der Waals surface area contributed by atoms with Crippen LogP contribution in [-0.4, -0.2) is 34.1 Å².